The summed E-state index contributed by atoms with van der Waals surface area (Å²) >= 11 is 3.61. The zero-order chi connectivity index (χ0) is 31.3. The van der Waals surface area contributed by atoms with E-state index in [0.717, 1.165) is 54.0 Å². The Balaban J connectivity index is 0.000000420. The largest absolute Gasteiger partial charge is 0.493 e. The molecule has 0 fully saturated rings. The minimum atomic E-state index is 0.625. The molecule has 2 aromatic carbocycles. The van der Waals surface area contributed by atoms with Crippen LogP contribution in [-0.2, 0) is 22.3 Å². The van der Waals surface area contributed by atoms with Crippen LogP contribution in [0.25, 0.3) is 0 Å². The van der Waals surface area contributed by atoms with Crippen LogP contribution in [0.5, 0.6) is 23.0 Å². The summed E-state index contributed by atoms with van der Waals surface area (Å²) in [6.45, 7) is 14.1. The van der Waals surface area contributed by atoms with Crippen molar-refractivity contribution in [3.63, 3.8) is 0 Å². The van der Waals surface area contributed by atoms with E-state index in [1.807, 2.05) is 12.1 Å². The van der Waals surface area contributed by atoms with Gasteiger partial charge >= 0.3 is 0 Å². The Morgan fingerprint density at radius 3 is 1.36 bits per heavy atom. The fourth-order valence-corrected chi connectivity index (χ4v) is 5.59. The number of benzene rings is 2. The van der Waals surface area contributed by atoms with Gasteiger partial charge in [0.05, 0.1) is 27.4 Å². The summed E-state index contributed by atoms with van der Waals surface area (Å²) in [7, 11) is 6.76. The van der Waals surface area contributed by atoms with E-state index in [1.165, 1.54) is 17.5 Å². The molecule has 42 heavy (non-hydrogen) atoms. The highest BCUT2D eigenvalue weighted by Gasteiger charge is 2.15. The van der Waals surface area contributed by atoms with Crippen molar-refractivity contribution in [2.45, 2.75) is 66.7 Å². The Hall–Kier alpha value is -1.96. The van der Waals surface area contributed by atoms with Crippen molar-refractivity contribution in [3.05, 3.63) is 47.5 Å². The standard InChI is InChI=1S/C18H30O3.C17H27BrO3/c1-6-16(14(2)3)12-15-8-9-17(20-5)18(13-15)21-11-7-10-19-4;1-13(2)15(12-18)10-14-6-7-16(20-4)17(11-14)21-9-5-8-19-3/h8-9,13-14,16H,6-7,10-12H2,1-5H3;6-7,11,13,15H,5,8-10,12H2,1-4H3/t16-;15-/m10/s1. The Kier molecular flexibility index (Phi) is 20.4. The lowest BCUT2D eigenvalue weighted by molar-refractivity contribution is 0.170. The van der Waals surface area contributed by atoms with E-state index in [9.17, 15) is 0 Å². The highest BCUT2D eigenvalue weighted by Crippen LogP contribution is 2.32. The lowest BCUT2D eigenvalue weighted by atomic mass is 9.87. The molecule has 0 heterocycles. The van der Waals surface area contributed by atoms with Crippen LogP contribution in [0, 0.1) is 23.7 Å². The molecular weight excluding hydrogens is 596 g/mol. The van der Waals surface area contributed by atoms with Gasteiger partial charge in [-0.15, -0.1) is 0 Å². The first-order valence-corrected chi connectivity index (χ1v) is 16.5. The number of hydrogen-bond donors (Lipinski definition) is 0. The van der Waals surface area contributed by atoms with Gasteiger partial charge in [0.25, 0.3) is 0 Å². The van der Waals surface area contributed by atoms with Gasteiger partial charge in [0, 0.05) is 45.6 Å². The summed E-state index contributed by atoms with van der Waals surface area (Å²) in [6.07, 6.45) is 5.09. The Morgan fingerprint density at radius 2 is 1.02 bits per heavy atom. The Morgan fingerprint density at radius 1 is 0.595 bits per heavy atom. The number of alkyl halides is 1. The average molecular weight is 654 g/mol. The molecular formula is C35H57BrO6. The van der Waals surface area contributed by atoms with Crippen LogP contribution in [0.2, 0.25) is 0 Å². The molecule has 0 saturated carbocycles. The highest BCUT2D eigenvalue weighted by atomic mass is 79.9. The zero-order valence-corrected chi connectivity index (χ0v) is 29.3. The normalized spacial score (nSPS) is 12.5. The average Bonchev–Trinajstić information content (AvgIpc) is 2.99. The van der Waals surface area contributed by atoms with Crippen molar-refractivity contribution in [1.29, 1.82) is 0 Å². The number of ether oxygens (including phenoxy) is 6. The van der Waals surface area contributed by atoms with Crippen molar-refractivity contribution in [3.8, 4) is 23.0 Å². The molecule has 0 aliphatic rings. The molecule has 0 spiro atoms. The summed E-state index contributed by atoms with van der Waals surface area (Å²) in [4.78, 5) is 0. The topological polar surface area (TPSA) is 55.4 Å². The van der Waals surface area contributed by atoms with Crippen LogP contribution in [0.3, 0.4) is 0 Å². The number of methoxy groups -OCH3 is 4. The summed E-state index contributed by atoms with van der Waals surface area (Å²) in [5, 5.41) is 1.01. The molecule has 0 bridgehead atoms. The minimum absolute atomic E-state index is 0.625. The van der Waals surface area contributed by atoms with Gasteiger partial charge in [-0.25, -0.2) is 0 Å². The monoisotopic (exact) mass is 652 g/mol. The first-order chi connectivity index (χ1) is 20.2. The molecule has 6 nitrogen and oxygen atoms in total. The van der Waals surface area contributed by atoms with E-state index in [0.29, 0.717) is 50.1 Å². The van der Waals surface area contributed by atoms with Gasteiger partial charge in [-0.3, -0.25) is 0 Å². The minimum Gasteiger partial charge on any atom is -0.493 e. The second kappa shape index (κ2) is 22.6. The van der Waals surface area contributed by atoms with Crippen molar-refractivity contribution in [2.24, 2.45) is 23.7 Å². The van der Waals surface area contributed by atoms with Crippen LogP contribution < -0.4 is 18.9 Å². The molecule has 0 N–H and O–H groups in total. The highest BCUT2D eigenvalue weighted by molar-refractivity contribution is 9.09. The summed E-state index contributed by atoms with van der Waals surface area (Å²) in [6, 6.07) is 12.5. The molecule has 0 aliphatic heterocycles. The molecule has 0 saturated heterocycles. The van der Waals surface area contributed by atoms with Crippen molar-refractivity contribution in [1.82, 2.24) is 0 Å². The van der Waals surface area contributed by atoms with E-state index in [2.05, 4.69) is 74.8 Å². The zero-order valence-electron chi connectivity index (χ0n) is 27.7. The predicted molar refractivity (Wildman–Crippen MR) is 178 cm³/mol. The molecule has 7 heteroatoms. The van der Waals surface area contributed by atoms with Crippen LogP contribution in [0.4, 0.5) is 0 Å². The van der Waals surface area contributed by atoms with Crippen LogP contribution in [0.15, 0.2) is 36.4 Å². The first kappa shape index (κ1) is 38.1. The lowest BCUT2D eigenvalue weighted by Crippen LogP contribution is -2.13. The van der Waals surface area contributed by atoms with Crippen LogP contribution in [0.1, 0.15) is 65.0 Å². The van der Waals surface area contributed by atoms with Crippen LogP contribution >= 0.6 is 15.9 Å². The van der Waals surface area contributed by atoms with Gasteiger partial charge in [0.2, 0.25) is 0 Å². The maximum absolute atomic E-state index is 5.84. The lowest BCUT2D eigenvalue weighted by Gasteiger charge is -2.20. The van der Waals surface area contributed by atoms with Gasteiger partial charge in [-0.1, -0.05) is 69.1 Å². The van der Waals surface area contributed by atoms with Gasteiger partial charge in [0.1, 0.15) is 0 Å². The molecule has 0 amide bonds. The number of halogens is 1. The van der Waals surface area contributed by atoms with Crippen molar-refractivity contribution >= 4 is 15.9 Å². The molecule has 0 aliphatic carbocycles. The second-order valence-electron chi connectivity index (χ2n) is 11.3. The number of rotatable bonds is 20. The predicted octanol–water partition coefficient (Wildman–Crippen LogP) is 8.66. The summed E-state index contributed by atoms with van der Waals surface area (Å²) in [5.74, 6) is 5.93. The molecule has 240 valence electrons. The Bertz CT molecular complexity index is 887. The third-order valence-corrected chi connectivity index (χ3v) is 8.39. The number of hydrogen-bond acceptors (Lipinski definition) is 6. The fourth-order valence-electron chi connectivity index (χ4n) is 4.62. The maximum atomic E-state index is 5.84. The quantitative estimate of drug-likeness (QED) is 0.105. The summed E-state index contributed by atoms with van der Waals surface area (Å²) in [5.41, 5.74) is 2.61. The molecule has 0 aromatic heterocycles. The Labute approximate surface area is 264 Å². The molecule has 0 radical (unpaired) electrons. The van der Waals surface area contributed by atoms with E-state index in [4.69, 9.17) is 28.4 Å². The first-order valence-electron chi connectivity index (χ1n) is 15.4. The van der Waals surface area contributed by atoms with Crippen molar-refractivity contribution in [2.75, 3.05) is 60.2 Å². The fraction of sp³-hybridized carbons (Fsp3) is 0.657. The molecule has 2 aromatic rings. The third-order valence-electron chi connectivity index (χ3n) is 7.56. The second-order valence-corrected chi connectivity index (χ2v) is 12.0. The molecule has 0 unspecified atom stereocenters. The van der Waals surface area contributed by atoms with Gasteiger partial charge in [0.15, 0.2) is 23.0 Å². The summed E-state index contributed by atoms with van der Waals surface area (Å²) < 4.78 is 32.5. The molecule has 2 rings (SSSR count). The van der Waals surface area contributed by atoms with Crippen LogP contribution in [-0.4, -0.2) is 60.2 Å². The molecule has 2 atom stereocenters. The van der Waals surface area contributed by atoms with Gasteiger partial charge in [-0.2, -0.15) is 0 Å². The van der Waals surface area contributed by atoms with Crippen molar-refractivity contribution < 1.29 is 28.4 Å². The van der Waals surface area contributed by atoms with Gasteiger partial charge < -0.3 is 28.4 Å². The SMILES string of the molecule is CC[C@H](Cc1ccc(OC)c(OCCCOC)c1)C(C)C.COCCCOc1cc(C[C@@H](CBr)C(C)C)ccc1OC. The van der Waals surface area contributed by atoms with E-state index in [1.54, 1.807) is 28.4 Å². The van der Waals surface area contributed by atoms with Gasteiger partial charge in [-0.05, 0) is 71.9 Å². The van der Waals surface area contributed by atoms with E-state index < -0.39 is 0 Å². The van der Waals surface area contributed by atoms with E-state index >= 15 is 0 Å². The smallest absolute Gasteiger partial charge is 0.161 e. The van der Waals surface area contributed by atoms with E-state index in [-0.39, 0.29) is 0 Å². The maximum Gasteiger partial charge on any atom is 0.161 e. The third kappa shape index (κ3) is 14.5.